The second-order valence-electron chi connectivity index (χ2n) is 9.62. The number of imidazole rings is 1. The van der Waals surface area contributed by atoms with Crippen LogP contribution in [-0.2, 0) is 0 Å². The number of halogens is 2. The Bertz CT molecular complexity index is 1480. The summed E-state index contributed by atoms with van der Waals surface area (Å²) in [7, 11) is 0. The number of amides is 1. The number of carbonyl (C=O) groups excluding carboxylic acids is 1. The number of aromatic nitrogens is 5. The first-order valence-corrected chi connectivity index (χ1v) is 13.7. The largest absolute Gasteiger partial charge is 0.336 e. The molecule has 9 nitrogen and oxygen atoms in total. The molecule has 1 saturated heterocycles. The molecule has 1 N–H and O–H groups in total. The number of hydrogen-bond donors (Lipinski definition) is 1. The minimum Gasteiger partial charge on any atom is -0.336 e. The standard InChI is InChI=1S/C27H30F2N8O.C2H6/c1-5-35-8-10-36(11-9-35)26(38)18-6-7-23(30-14-18)33-27-31-15-21(29)24(34-27)19-12-20(28)25-22(13-19)37(16(2)3)17(4)32-25;1-2/h6-7,12-16H,5,8-11H2,1-4H3,(H,30,31,33,34);1-2H3. The van der Waals surface area contributed by atoms with E-state index in [0.29, 0.717) is 35.8 Å². The lowest BCUT2D eigenvalue weighted by molar-refractivity contribution is 0.0643. The van der Waals surface area contributed by atoms with E-state index < -0.39 is 11.6 Å². The van der Waals surface area contributed by atoms with Crippen molar-refractivity contribution in [3.05, 3.63) is 59.7 Å². The first-order valence-electron chi connectivity index (χ1n) is 13.7. The van der Waals surface area contributed by atoms with Gasteiger partial charge in [-0.3, -0.25) is 4.79 Å². The van der Waals surface area contributed by atoms with Gasteiger partial charge in [0.25, 0.3) is 5.91 Å². The zero-order valence-corrected chi connectivity index (χ0v) is 23.9. The molecule has 40 heavy (non-hydrogen) atoms. The lowest BCUT2D eigenvalue weighted by atomic mass is 10.1. The molecule has 0 saturated carbocycles. The topological polar surface area (TPSA) is 92.1 Å². The third-order valence-corrected chi connectivity index (χ3v) is 6.82. The van der Waals surface area contributed by atoms with E-state index in [1.54, 1.807) is 18.2 Å². The molecule has 0 bridgehead atoms. The fraction of sp³-hybridized carbons (Fsp3) is 0.414. The molecular weight excluding hydrogens is 514 g/mol. The molecule has 5 rings (SSSR count). The summed E-state index contributed by atoms with van der Waals surface area (Å²) >= 11 is 0. The molecule has 0 unspecified atom stereocenters. The second kappa shape index (κ2) is 12.5. The molecule has 0 radical (unpaired) electrons. The number of piperazine rings is 1. The molecule has 0 atom stereocenters. The molecule has 3 aromatic heterocycles. The van der Waals surface area contributed by atoms with Gasteiger partial charge in [-0.25, -0.2) is 28.7 Å². The van der Waals surface area contributed by atoms with Gasteiger partial charge in [-0.2, -0.15) is 0 Å². The van der Waals surface area contributed by atoms with Gasteiger partial charge in [0.05, 0.1) is 17.3 Å². The molecule has 212 valence electrons. The van der Waals surface area contributed by atoms with Gasteiger partial charge in [-0.15, -0.1) is 0 Å². The maximum Gasteiger partial charge on any atom is 0.255 e. The van der Waals surface area contributed by atoms with Crippen molar-refractivity contribution < 1.29 is 13.6 Å². The van der Waals surface area contributed by atoms with Gasteiger partial charge in [0, 0.05) is 44.0 Å². The van der Waals surface area contributed by atoms with Crippen LogP contribution >= 0.6 is 0 Å². The number of pyridine rings is 1. The van der Waals surface area contributed by atoms with Crippen molar-refractivity contribution in [1.82, 2.24) is 34.3 Å². The number of likely N-dealkylation sites (N-methyl/N-ethyl adjacent to an activating group) is 1. The molecule has 4 heterocycles. The Morgan fingerprint density at radius 2 is 1.73 bits per heavy atom. The first-order chi connectivity index (χ1) is 19.2. The summed E-state index contributed by atoms with van der Waals surface area (Å²) in [6.45, 7) is 15.9. The second-order valence-corrected chi connectivity index (χ2v) is 9.62. The van der Waals surface area contributed by atoms with E-state index in [1.165, 1.54) is 12.3 Å². The third kappa shape index (κ3) is 5.94. The van der Waals surface area contributed by atoms with Crippen molar-refractivity contribution >= 4 is 28.7 Å². The Balaban J connectivity index is 0.00000181. The lowest BCUT2D eigenvalue weighted by Crippen LogP contribution is -2.48. The summed E-state index contributed by atoms with van der Waals surface area (Å²) < 4.78 is 31.6. The number of rotatable bonds is 6. The molecule has 1 fully saturated rings. The van der Waals surface area contributed by atoms with Gasteiger partial charge in [0.2, 0.25) is 5.95 Å². The number of nitrogens with zero attached hydrogens (tertiary/aromatic N) is 7. The van der Waals surface area contributed by atoms with Gasteiger partial charge in [0.15, 0.2) is 11.6 Å². The number of aryl methyl sites for hydroxylation is 1. The van der Waals surface area contributed by atoms with E-state index in [2.05, 4.69) is 37.1 Å². The molecule has 1 aromatic carbocycles. The number of nitrogens with one attached hydrogen (secondary N) is 1. The highest BCUT2D eigenvalue weighted by Crippen LogP contribution is 2.30. The van der Waals surface area contributed by atoms with E-state index in [-0.39, 0.29) is 34.7 Å². The zero-order valence-electron chi connectivity index (χ0n) is 23.9. The number of hydrogen-bond acceptors (Lipinski definition) is 7. The average Bonchev–Trinajstić information content (AvgIpc) is 3.32. The Morgan fingerprint density at radius 1 is 1.00 bits per heavy atom. The van der Waals surface area contributed by atoms with Crippen molar-refractivity contribution in [3.63, 3.8) is 0 Å². The van der Waals surface area contributed by atoms with E-state index in [1.807, 2.05) is 44.1 Å². The highest BCUT2D eigenvalue weighted by molar-refractivity contribution is 5.94. The Kier molecular flexibility index (Phi) is 9.03. The highest BCUT2D eigenvalue weighted by atomic mass is 19.1. The number of fused-ring (bicyclic) bond motifs is 1. The number of benzene rings is 1. The van der Waals surface area contributed by atoms with Crippen molar-refractivity contribution in [2.45, 2.75) is 47.6 Å². The highest BCUT2D eigenvalue weighted by Gasteiger charge is 2.22. The predicted molar refractivity (Wildman–Crippen MR) is 153 cm³/mol. The smallest absolute Gasteiger partial charge is 0.255 e. The minimum absolute atomic E-state index is 0.0454. The fourth-order valence-corrected chi connectivity index (χ4v) is 4.85. The molecule has 1 aliphatic heterocycles. The van der Waals surface area contributed by atoms with Crippen LogP contribution in [0.2, 0.25) is 0 Å². The maximum atomic E-state index is 14.9. The summed E-state index contributed by atoms with van der Waals surface area (Å²) in [5, 5.41) is 2.94. The van der Waals surface area contributed by atoms with Crippen molar-refractivity contribution in [2.24, 2.45) is 0 Å². The molecule has 0 spiro atoms. The predicted octanol–water partition coefficient (Wildman–Crippen LogP) is 5.60. The summed E-state index contributed by atoms with van der Waals surface area (Å²) in [5.74, 6) is -0.131. The zero-order chi connectivity index (χ0) is 29.0. The Labute approximate surface area is 233 Å². The SMILES string of the molecule is CC.CCN1CCN(C(=O)c2ccc(Nc3ncc(F)c(-c4cc(F)c5nc(C)n(C(C)C)c5c4)n3)nc2)CC1. The van der Waals surface area contributed by atoms with Crippen LogP contribution in [0.5, 0.6) is 0 Å². The van der Waals surface area contributed by atoms with Crippen LogP contribution in [0.15, 0.2) is 36.7 Å². The van der Waals surface area contributed by atoms with E-state index in [4.69, 9.17) is 0 Å². The number of carbonyl (C=O) groups is 1. The van der Waals surface area contributed by atoms with Crippen molar-refractivity contribution in [1.29, 1.82) is 0 Å². The summed E-state index contributed by atoms with van der Waals surface area (Å²) in [6.07, 6.45) is 2.53. The van der Waals surface area contributed by atoms with Crippen molar-refractivity contribution in [2.75, 3.05) is 38.0 Å². The van der Waals surface area contributed by atoms with Gasteiger partial charge < -0.3 is 19.7 Å². The number of anilines is 2. The Hall–Kier alpha value is -3.99. The molecule has 0 aliphatic carbocycles. The van der Waals surface area contributed by atoms with Crippen LogP contribution in [0.3, 0.4) is 0 Å². The molecule has 11 heteroatoms. The molecule has 1 aliphatic rings. The van der Waals surface area contributed by atoms with Crippen LogP contribution in [0, 0.1) is 18.6 Å². The lowest BCUT2D eigenvalue weighted by Gasteiger charge is -2.34. The molecule has 1 amide bonds. The van der Waals surface area contributed by atoms with E-state index in [9.17, 15) is 13.6 Å². The van der Waals surface area contributed by atoms with Gasteiger partial charge in [-0.05, 0) is 51.6 Å². The van der Waals surface area contributed by atoms with Crippen LogP contribution in [0.1, 0.15) is 56.8 Å². The summed E-state index contributed by atoms with van der Waals surface area (Å²) in [6, 6.07) is 6.30. The molecule has 4 aromatic rings. The van der Waals surface area contributed by atoms with Gasteiger partial charge >= 0.3 is 0 Å². The molecular formula is C29H36F2N8O. The average molecular weight is 551 g/mol. The van der Waals surface area contributed by atoms with Crippen LogP contribution in [-0.4, -0.2) is 72.9 Å². The maximum absolute atomic E-state index is 14.9. The summed E-state index contributed by atoms with van der Waals surface area (Å²) in [5.41, 5.74) is 1.52. The van der Waals surface area contributed by atoms with E-state index >= 15 is 0 Å². The summed E-state index contributed by atoms with van der Waals surface area (Å²) in [4.78, 5) is 33.9. The minimum atomic E-state index is -0.682. The fourth-order valence-electron chi connectivity index (χ4n) is 4.85. The van der Waals surface area contributed by atoms with Gasteiger partial charge in [-0.1, -0.05) is 20.8 Å². The Morgan fingerprint density at radius 3 is 2.35 bits per heavy atom. The van der Waals surface area contributed by atoms with Crippen molar-refractivity contribution in [3.8, 4) is 11.3 Å². The van der Waals surface area contributed by atoms with Gasteiger partial charge in [0.1, 0.15) is 22.9 Å². The quantitative estimate of drug-likeness (QED) is 0.334. The third-order valence-electron chi connectivity index (χ3n) is 6.82. The van der Waals surface area contributed by atoms with E-state index in [0.717, 1.165) is 25.8 Å². The normalized spacial score (nSPS) is 13.9. The first kappa shape index (κ1) is 29.0. The van der Waals surface area contributed by atoms with Crippen LogP contribution in [0.25, 0.3) is 22.3 Å². The van der Waals surface area contributed by atoms with Crippen LogP contribution in [0.4, 0.5) is 20.5 Å². The van der Waals surface area contributed by atoms with Crippen LogP contribution < -0.4 is 5.32 Å². The monoisotopic (exact) mass is 550 g/mol.